The van der Waals surface area contributed by atoms with Crippen LogP contribution >= 0.6 is 0 Å². The normalized spacial score (nSPS) is 33.0. The number of hydrogen-bond acceptors (Lipinski definition) is 3. The fraction of sp³-hybridized carbons (Fsp3) is 0.692. The van der Waals surface area contributed by atoms with Crippen molar-refractivity contribution in [3.63, 3.8) is 0 Å². The number of benzene rings is 1. The van der Waals surface area contributed by atoms with Crippen LogP contribution in [0.15, 0.2) is 29.3 Å². The zero-order chi connectivity index (χ0) is 21.7. The van der Waals surface area contributed by atoms with Gasteiger partial charge in [-0.05, 0) is 43.7 Å². The molecular formula is C26H36N4O2. The minimum absolute atomic E-state index is 0.311. The molecule has 1 amide bonds. The molecule has 172 valence electrons. The van der Waals surface area contributed by atoms with Gasteiger partial charge in [0.25, 0.3) is 0 Å². The molecule has 5 aliphatic rings. The molecule has 1 N–H and O–H groups in total. The van der Waals surface area contributed by atoms with Gasteiger partial charge in [-0.25, -0.2) is 0 Å². The van der Waals surface area contributed by atoms with Crippen LogP contribution in [0.1, 0.15) is 62.8 Å². The van der Waals surface area contributed by atoms with E-state index in [1.54, 1.807) is 0 Å². The van der Waals surface area contributed by atoms with Gasteiger partial charge in [0.05, 0.1) is 6.10 Å². The summed E-state index contributed by atoms with van der Waals surface area (Å²) in [6.45, 7) is 3.64. The number of amides is 1. The lowest BCUT2D eigenvalue weighted by Crippen LogP contribution is -2.69. The molecule has 0 bridgehead atoms. The lowest BCUT2D eigenvalue weighted by molar-refractivity contribution is -0.127. The summed E-state index contributed by atoms with van der Waals surface area (Å²) < 4.78 is 6.20. The van der Waals surface area contributed by atoms with E-state index in [9.17, 15) is 4.79 Å². The van der Waals surface area contributed by atoms with Crippen LogP contribution in [0.5, 0.6) is 0 Å². The number of aliphatic imine (C=N–C) groups is 1. The van der Waals surface area contributed by atoms with E-state index in [0.29, 0.717) is 35.3 Å². The van der Waals surface area contributed by atoms with Crippen LogP contribution in [0, 0.1) is 11.3 Å². The van der Waals surface area contributed by atoms with Gasteiger partial charge in [-0.15, -0.1) is 0 Å². The molecule has 4 atom stereocenters. The van der Waals surface area contributed by atoms with Gasteiger partial charge in [-0.2, -0.15) is 0 Å². The number of anilines is 1. The monoisotopic (exact) mass is 436 g/mol. The number of likely N-dealkylation sites (tertiary alicyclic amines) is 1. The van der Waals surface area contributed by atoms with Crippen LogP contribution in [0.25, 0.3) is 0 Å². The summed E-state index contributed by atoms with van der Waals surface area (Å²) in [4.78, 5) is 21.3. The molecule has 1 aromatic rings. The van der Waals surface area contributed by atoms with Crippen LogP contribution in [0.4, 0.5) is 5.69 Å². The van der Waals surface area contributed by atoms with Gasteiger partial charge in [-0.3, -0.25) is 9.79 Å². The number of fused-ring (bicyclic) bond motifs is 3. The van der Waals surface area contributed by atoms with E-state index >= 15 is 0 Å². The molecule has 0 radical (unpaired) electrons. The number of carbonyl (C=O) groups is 1. The zero-order valence-corrected chi connectivity index (χ0v) is 19.3. The first-order valence-corrected chi connectivity index (χ1v) is 12.7. The van der Waals surface area contributed by atoms with Gasteiger partial charge >= 0.3 is 0 Å². The Labute approximate surface area is 191 Å². The molecule has 3 heterocycles. The second kappa shape index (κ2) is 8.05. The van der Waals surface area contributed by atoms with Crippen molar-refractivity contribution in [3.8, 4) is 0 Å². The predicted molar refractivity (Wildman–Crippen MR) is 126 cm³/mol. The lowest BCUT2D eigenvalue weighted by atomic mass is 9.54. The zero-order valence-electron chi connectivity index (χ0n) is 19.3. The number of nitrogens with zero attached hydrogens (tertiary/aromatic N) is 3. The van der Waals surface area contributed by atoms with E-state index in [-0.39, 0.29) is 0 Å². The maximum Gasteiger partial charge on any atom is 0.222 e. The Bertz CT molecular complexity index is 909. The van der Waals surface area contributed by atoms with Crippen molar-refractivity contribution in [1.29, 1.82) is 0 Å². The van der Waals surface area contributed by atoms with Crippen molar-refractivity contribution in [2.45, 2.75) is 69.4 Å². The smallest absolute Gasteiger partial charge is 0.222 e. The minimum atomic E-state index is 0.311. The van der Waals surface area contributed by atoms with Crippen molar-refractivity contribution >= 4 is 17.6 Å². The van der Waals surface area contributed by atoms with E-state index < -0.39 is 0 Å². The third kappa shape index (κ3) is 3.09. The number of guanidine groups is 1. The summed E-state index contributed by atoms with van der Waals surface area (Å²) >= 11 is 0. The Morgan fingerprint density at radius 1 is 1.25 bits per heavy atom. The van der Waals surface area contributed by atoms with E-state index in [2.05, 4.69) is 39.4 Å². The van der Waals surface area contributed by atoms with Crippen molar-refractivity contribution in [2.75, 3.05) is 38.2 Å². The third-order valence-electron chi connectivity index (χ3n) is 9.03. The first-order chi connectivity index (χ1) is 15.7. The number of ether oxygens (including phenoxy) is 1. The molecule has 6 heteroatoms. The van der Waals surface area contributed by atoms with Crippen LogP contribution in [0.2, 0.25) is 0 Å². The Morgan fingerprint density at radius 3 is 2.88 bits per heavy atom. The SMILES string of the molecule is CN=C(NC1C2CCOC2C12CCCC2)N1CC(CCN2CCCC2=O)c2ccccc21. The van der Waals surface area contributed by atoms with E-state index in [1.165, 1.54) is 43.4 Å². The topological polar surface area (TPSA) is 57.2 Å². The Morgan fingerprint density at radius 2 is 2.09 bits per heavy atom. The molecule has 2 aliphatic carbocycles. The third-order valence-corrected chi connectivity index (χ3v) is 9.03. The molecule has 1 spiro atoms. The molecule has 6 rings (SSSR count). The number of para-hydroxylation sites is 1. The molecular weight excluding hydrogens is 400 g/mol. The number of nitrogens with one attached hydrogen (secondary N) is 1. The van der Waals surface area contributed by atoms with Crippen molar-refractivity contribution in [3.05, 3.63) is 29.8 Å². The Balaban J connectivity index is 1.20. The van der Waals surface area contributed by atoms with Gasteiger partial charge in [-0.1, -0.05) is 31.0 Å². The van der Waals surface area contributed by atoms with Crippen LogP contribution in [0.3, 0.4) is 0 Å². The molecule has 2 saturated carbocycles. The molecule has 3 aliphatic heterocycles. The summed E-state index contributed by atoms with van der Waals surface area (Å²) in [5.74, 6) is 2.40. The number of carbonyl (C=O) groups excluding carboxylic acids is 1. The van der Waals surface area contributed by atoms with Gasteiger partial charge in [0, 0.05) is 68.7 Å². The van der Waals surface area contributed by atoms with Crippen LogP contribution < -0.4 is 10.2 Å². The molecule has 6 nitrogen and oxygen atoms in total. The highest BCUT2D eigenvalue weighted by Crippen LogP contribution is 2.60. The first-order valence-electron chi connectivity index (χ1n) is 12.7. The molecule has 4 unspecified atom stereocenters. The van der Waals surface area contributed by atoms with E-state index in [4.69, 9.17) is 9.73 Å². The quantitative estimate of drug-likeness (QED) is 0.580. The maximum absolute atomic E-state index is 12.1. The average molecular weight is 437 g/mol. The minimum Gasteiger partial charge on any atom is -0.377 e. The Kier molecular flexibility index (Phi) is 5.16. The molecule has 32 heavy (non-hydrogen) atoms. The summed E-state index contributed by atoms with van der Waals surface area (Å²) in [5.41, 5.74) is 2.98. The fourth-order valence-electron chi connectivity index (χ4n) is 7.50. The highest BCUT2D eigenvalue weighted by Gasteiger charge is 2.65. The maximum atomic E-state index is 12.1. The second-order valence-corrected chi connectivity index (χ2v) is 10.5. The first kappa shape index (κ1) is 20.5. The average Bonchev–Trinajstić information content (AvgIpc) is 3.59. The largest absolute Gasteiger partial charge is 0.377 e. The summed E-state index contributed by atoms with van der Waals surface area (Å²) in [6.07, 6.45) is 9.60. The van der Waals surface area contributed by atoms with Gasteiger partial charge in [0.15, 0.2) is 5.96 Å². The summed E-state index contributed by atoms with van der Waals surface area (Å²) in [5, 5.41) is 3.95. The fourth-order valence-corrected chi connectivity index (χ4v) is 7.50. The molecule has 4 fully saturated rings. The van der Waals surface area contributed by atoms with Crippen molar-refractivity contribution in [1.82, 2.24) is 10.2 Å². The number of rotatable bonds is 4. The standard InChI is InChI=1S/C26H36N4O2/c1-27-25(28-23-20-11-16-32-24(20)26(23)12-4-5-13-26)30-17-18(19-7-2-3-8-21(19)30)10-15-29-14-6-9-22(29)31/h2-3,7-8,18,20,23-24H,4-6,9-17H2,1H3,(H,27,28). The van der Waals surface area contributed by atoms with Crippen LogP contribution in [-0.2, 0) is 9.53 Å². The van der Waals surface area contributed by atoms with Crippen molar-refractivity contribution < 1.29 is 9.53 Å². The van der Waals surface area contributed by atoms with Gasteiger partial charge in [0.1, 0.15) is 0 Å². The van der Waals surface area contributed by atoms with Gasteiger partial charge in [0.2, 0.25) is 5.91 Å². The van der Waals surface area contributed by atoms with Crippen LogP contribution in [-0.4, -0.2) is 62.2 Å². The summed E-state index contributed by atoms with van der Waals surface area (Å²) in [7, 11) is 1.92. The molecule has 0 aromatic heterocycles. The van der Waals surface area contributed by atoms with Crippen molar-refractivity contribution in [2.24, 2.45) is 16.3 Å². The van der Waals surface area contributed by atoms with E-state index in [0.717, 1.165) is 51.5 Å². The number of hydrogen-bond donors (Lipinski definition) is 1. The molecule has 1 aromatic carbocycles. The van der Waals surface area contributed by atoms with Gasteiger partial charge < -0.3 is 19.9 Å². The predicted octanol–water partition coefficient (Wildman–Crippen LogP) is 3.53. The van der Waals surface area contributed by atoms with E-state index in [1.807, 2.05) is 7.05 Å². The molecule has 2 saturated heterocycles. The lowest BCUT2D eigenvalue weighted by Gasteiger charge is -2.57. The second-order valence-electron chi connectivity index (χ2n) is 10.5. The Hall–Kier alpha value is -2.08. The highest BCUT2D eigenvalue weighted by atomic mass is 16.5. The highest BCUT2D eigenvalue weighted by molar-refractivity contribution is 5.98. The summed E-state index contributed by atoms with van der Waals surface area (Å²) in [6, 6.07) is 9.25.